The van der Waals surface area contributed by atoms with E-state index in [9.17, 15) is 56.7 Å². The van der Waals surface area contributed by atoms with E-state index >= 15 is 0 Å². The highest BCUT2D eigenvalue weighted by Crippen LogP contribution is 2.42. The third-order valence-electron chi connectivity index (χ3n) is 20.6. The van der Waals surface area contributed by atoms with E-state index in [1.54, 1.807) is 27.5 Å². The maximum absolute atomic E-state index is 13.7. The molecule has 15 aromatic rings. The number of halogens is 3. The monoisotopic (exact) mass is 1580 g/mol. The van der Waals surface area contributed by atoms with Crippen molar-refractivity contribution in [3.8, 4) is 0 Å². The van der Waals surface area contributed by atoms with Gasteiger partial charge in [0.1, 0.15) is 68.0 Å². The zero-order valence-electron chi connectivity index (χ0n) is 59.2. The minimum Gasteiger partial charge on any atom is -0.320 e. The van der Waals surface area contributed by atoms with Crippen molar-refractivity contribution in [3.05, 3.63) is 190 Å². The molecule has 0 spiro atoms. The van der Waals surface area contributed by atoms with Crippen LogP contribution in [0.1, 0.15) is 118 Å². The number of hydrogen-bond donors (Lipinski definition) is 5. The van der Waals surface area contributed by atoms with Crippen LogP contribution >= 0.6 is 38.6 Å². The number of amides is 10. The minimum atomic E-state index is -3.08. The van der Waals surface area contributed by atoms with Gasteiger partial charge < -0.3 is 22.8 Å². The van der Waals surface area contributed by atoms with Gasteiger partial charge in [-0.25, -0.2) is 19.9 Å². The van der Waals surface area contributed by atoms with Gasteiger partial charge in [0.05, 0.1) is 33.1 Å². The summed E-state index contributed by atoms with van der Waals surface area (Å²) in [6, 6.07) is 48.2. The van der Waals surface area contributed by atoms with Gasteiger partial charge in [-0.1, -0.05) is 88.7 Å². The number of carbonyl (C=O) groups excluding carboxylic acids is 10. The van der Waals surface area contributed by atoms with Crippen LogP contribution in [0.3, 0.4) is 0 Å². The van der Waals surface area contributed by atoms with Crippen LogP contribution in [0.25, 0.3) is 108 Å². The summed E-state index contributed by atoms with van der Waals surface area (Å²) in [6.07, 6.45) is 4.10. The predicted octanol–water partition coefficient (Wildman–Crippen LogP) is 14.1. The Morgan fingerprint density at radius 3 is 1.15 bits per heavy atom. The Morgan fingerprint density at radius 1 is 0.382 bits per heavy atom. The average Bonchev–Trinajstić information content (AvgIpc) is 1.68. The van der Waals surface area contributed by atoms with Gasteiger partial charge in [0, 0.05) is 103 Å². The lowest BCUT2D eigenvalue weighted by molar-refractivity contribution is -0.137. The highest BCUT2D eigenvalue weighted by atomic mass is 79.9. The van der Waals surface area contributed by atoms with Crippen molar-refractivity contribution in [1.82, 2.24) is 69.4 Å². The second-order valence-corrected chi connectivity index (χ2v) is 30.3. The number of hydrogen-bond acceptors (Lipinski definition) is 16. The summed E-state index contributed by atoms with van der Waals surface area (Å²) in [4.78, 5) is 138. The van der Waals surface area contributed by atoms with E-state index in [4.69, 9.17) is 0 Å². The Labute approximate surface area is 639 Å². The van der Waals surface area contributed by atoms with E-state index in [1.165, 1.54) is 17.4 Å². The first-order chi connectivity index (χ1) is 53.1. The number of pyridine rings is 3. The number of thiophene rings is 1. The van der Waals surface area contributed by atoms with Crippen LogP contribution in [0.15, 0.2) is 173 Å². The Kier molecular flexibility index (Phi) is 19.1. The first kappa shape index (κ1) is 72.1. The van der Waals surface area contributed by atoms with Gasteiger partial charge in [0.2, 0.25) is 59.1 Å². The highest BCUT2D eigenvalue weighted by molar-refractivity contribution is 9.10. The van der Waals surface area contributed by atoms with Gasteiger partial charge in [0.15, 0.2) is 0 Å². The van der Waals surface area contributed by atoms with Gasteiger partial charge in [-0.2, -0.15) is 8.78 Å². The quantitative estimate of drug-likeness (QED) is 0.0967. The summed E-state index contributed by atoms with van der Waals surface area (Å²) >= 11 is 6.65. The molecule has 24 nitrogen and oxygen atoms in total. The van der Waals surface area contributed by atoms with E-state index in [0.717, 1.165) is 120 Å². The van der Waals surface area contributed by atoms with Gasteiger partial charge >= 0.3 is 0 Å². The molecular weight excluding hydrogens is 1510 g/mol. The molecule has 5 fully saturated rings. The lowest BCUT2D eigenvalue weighted by atomic mass is 10.1. The SMILES string of the molecule is CC(F)(F)c1ccc2c3ccccc3n(C3CCC(=O)NC3=O)c2n1.Cc1ccc2c3ccccc3n(C3CCC(=O)NC3=O)c2n1.Cc1ccc2c3ccccc3n(C3CCC(=O)NC3=O)c2n1.O=C1CCC(n2c3ccc(Br)cc3c3ccsc32)C(=O)N1.O=C1CCC(n2c3ccccc3c3ncsc32)C(=O)N1. The molecular formula is C81H67BrF2N14O10S2. The van der Waals surface area contributed by atoms with Crippen molar-refractivity contribution in [2.24, 2.45) is 0 Å². The highest BCUT2D eigenvalue weighted by Gasteiger charge is 2.37. The number of para-hydroxylation sites is 4. The van der Waals surface area contributed by atoms with Gasteiger partial charge in [-0.15, -0.1) is 22.7 Å². The maximum atomic E-state index is 13.7. The van der Waals surface area contributed by atoms with Crippen molar-refractivity contribution in [1.29, 1.82) is 0 Å². The van der Waals surface area contributed by atoms with Crippen molar-refractivity contribution in [3.63, 3.8) is 0 Å². The lowest BCUT2D eigenvalue weighted by Gasteiger charge is -2.23. The number of fused-ring (bicyclic) bond motifs is 15. The molecule has 5 atom stereocenters. The Morgan fingerprint density at radius 2 is 0.736 bits per heavy atom. The van der Waals surface area contributed by atoms with Crippen LogP contribution < -0.4 is 26.6 Å². The Bertz CT molecular complexity index is 6250. The maximum Gasteiger partial charge on any atom is 0.287 e. The van der Waals surface area contributed by atoms with Crippen molar-refractivity contribution < 1.29 is 56.7 Å². The van der Waals surface area contributed by atoms with Crippen LogP contribution in [0.4, 0.5) is 8.78 Å². The van der Waals surface area contributed by atoms with Gasteiger partial charge in [0.25, 0.3) is 5.92 Å². The summed E-state index contributed by atoms with van der Waals surface area (Å²) < 4.78 is 38.2. The van der Waals surface area contributed by atoms with Crippen LogP contribution in [-0.4, -0.2) is 102 Å². The van der Waals surface area contributed by atoms with Gasteiger partial charge in [-0.05, 0) is 136 Å². The van der Waals surface area contributed by atoms with Crippen LogP contribution in [0.5, 0.6) is 0 Å². The Balaban J connectivity index is 0.000000105. The predicted molar refractivity (Wildman–Crippen MR) is 418 cm³/mol. The second-order valence-electron chi connectivity index (χ2n) is 27.7. The molecule has 554 valence electrons. The molecule has 0 radical (unpaired) electrons. The Hall–Kier alpha value is -12.1. The number of aryl methyl sites for hydroxylation is 2. The number of benzene rings is 5. The van der Waals surface area contributed by atoms with Gasteiger partial charge in [-0.3, -0.25) is 74.5 Å². The summed E-state index contributed by atoms with van der Waals surface area (Å²) in [7, 11) is 0. The number of aromatic nitrogens is 9. The fourth-order valence-corrected chi connectivity index (χ4v) is 17.8. The standard InChI is InChI=1S/C18H15F2N3O2.2C17H15N3O2.C15H11BrN2O2S.C14H11N3O2S/c1-18(19,20)14-8-6-11-10-4-2-3-5-12(10)23(16(11)21-14)13-7-9-15(24)22-17(13)25;2*1-10-6-7-12-11-4-2-3-5-13(11)20(16(12)18-10)14-8-9-15(21)19-17(14)22;16-8-1-2-11-10(7-8)9-5-6-21-15(9)18(11)12-3-4-13(19)17-14(12)20;18-11-6-5-10(13(19)16-11)17-9-4-2-1-3-8(9)12-14(17)20-7-15-12/h2-6,8,13H,7,9H2,1H3,(H,22,24,25);2*2-7,14H,8-9H2,1H3,(H,19,21,22);1-2,5-7,12H,3-4H2,(H,17,19,20);1-4,7,10H,5-6H2,(H,16,18,19). The number of piperidine rings is 5. The number of nitrogens with one attached hydrogen (secondary N) is 5. The average molecular weight is 1580 g/mol. The third-order valence-corrected chi connectivity index (χ3v) is 22.8. The second kappa shape index (κ2) is 29.1. The van der Waals surface area contributed by atoms with Crippen molar-refractivity contribution in [2.45, 2.75) is 121 Å². The number of nitrogens with zero attached hydrogens (tertiary/aromatic N) is 9. The topological polar surface area (TPSA) is 307 Å². The molecule has 5 unspecified atom stereocenters. The van der Waals surface area contributed by atoms with Crippen LogP contribution in [-0.2, 0) is 53.9 Å². The summed E-state index contributed by atoms with van der Waals surface area (Å²) in [6.45, 7) is 4.66. The molecule has 110 heavy (non-hydrogen) atoms. The number of rotatable bonds is 6. The summed E-state index contributed by atoms with van der Waals surface area (Å²) in [5.74, 6) is -5.55. The van der Waals surface area contributed by atoms with E-state index in [0.29, 0.717) is 68.8 Å². The smallest absolute Gasteiger partial charge is 0.287 e. The summed E-state index contributed by atoms with van der Waals surface area (Å²) in [5, 5.41) is 23.2. The van der Waals surface area contributed by atoms with E-state index in [-0.39, 0.29) is 77.4 Å². The molecule has 5 aliphatic heterocycles. The molecule has 15 heterocycles. The normalized spacial score (nSPS) is 19.1. The molecule has 20 rings (SSSR count). The zero-order valence-corrected chi connectivity index (χ0v) is 62.4. The molecule has 10 aromatic heterocycles. The van der Waals surface area contributed by atoms with Crippen molar-refractivity contribution >= 4 is 206 Å². The molecule has 0 bridgehead atoms. The molecule has 29 heteroatoms. The molecule has 5 aliphatic rings. The number of carbonyl (C=O) groups is 10. The first-order valence-electron chi connectivity index (χ1n) is 35.7. The van der Waals surface area contributed by atoms with E-state index in [2.05, 4.69) is 79.1 Å². The molecule has 5 aromatic carbocycles. The first-order valence-corrected chi connectivity index (χ1v) is 38.3. The number of alkyl halides is 2. The molecule has 10 amide bonds. The zero-order chi connectivity index (χ0) is 76.6. The number of imide groups is 5. The van der Waals surface area contributed by atoms with Crippen LogP contribution in [0, 0.1) is 13.8 Å². The largest absolute Gasteiger partial charge is 0.320 e. The fourth-order valence-electron chi connectivity index (χ4n) is 15.6. The molecule has 0 aliphatic carbocycles. The number of thiazole rings is 1. The lowest BCUT2D eigenvalue weighted by Crippen LogP contribution is -2.41. The summed E-state index contributed by atoms with van der Waals surface area (Å²) in [5.41, 5.74) is 10.8. The molecule has 5 saturated heterocycles. The molecule has 5 N–H and O–H groups in total. The molecule has 0 saturated carbocycles. The van der Waals surface area contributed by atoms with Crippen LogP contribution in [0.2, 0.25) is 0 Å². The van der Waals surface area contributed by atoms with E-state index < -0.39 is 30.0 Å². The van der Waals surface area contributed by atoms with Crippen molar-refractivity contribution in [2.75, 3.05) is 0 Å². The fraction of sp³-hybridized carbons (Fsp3) is 0.235. The minimum absolute atomic E-state index is 0.183. The van der Waals surface area contributed by atoms with E-state index in [1.807, 2.05) is 166 Å². The third kappa shape index (κ3) is 13.3.